The van der Waals surface area contributed by atoms with Gasteiger partial charge in [-0.25, -0.2) is 14.4 Å². The Kier molecular flexibility index (Phi) is 5.23. The van der Waals surface area contributed by atoms with Crippen LogP contribution in [0.15, 0.2) is 60.9 Å². The highest BCUT2D eigenvalue weighted by Gasteiger charge is 2.07. The predicted octanol–water partition coefficient (Wildman–Crippen LogP) is 5.83. The van der Waals surface area contributed by atoms with Crippen molar-refractivity contribution in [1.82, 2.24) is 15.0 Å². The van der Waals surface area contributed by atoms with Crippen molar-refractivity contribution in [2.24, 2.45) is 0 Å². The monoisotopic (exact) mass is 413 g/mol. The van der Waals surface area contributed by atoms with Crippen molar-refractivity contribution in [3.05, 3.63) is 82.6 Å². The van der Waals surface area contributed by atoms with Gasteiger partial charge in [-0.2, -0.15) is 0 Å². The minimum absolute atomic E-state index is 0.130. The third-order valence-electron chi connectivity index (χ3n) is 4.12. The number of nitrogens with one attached hydrogen (secondary N) is 2. The van der Waals surface area contributed by atoms with E-state index in [2.05, 4.69) is 25.6 Å². The van der Waals surface area contributed by atoms with E-state index in [0.29, 0.717) is 16.4 Å². The minimum atomic E-state index is -0.315. The van der Waals surface area contributed by atoms with Crippen molar-refractivity contribution in [3.8, 4) is 0 Å². The third kappa shape index (κ3) is 4.13. The fourth-order valence-electron chi connectivity index (χ4n) is 2.79. The number of fused-ring (bicyclic) bond motifs is 1. The number of pyridine rings is 1. The van der Waals surface area contributed by atoms with Gasteiger partial charge in [-0.3, -0.25) is 4.98 Å². The second-order valence-electron chi connectivity index (χ2n) is 6.02. The molecule has 5 nitrogen and oxygen atoms in total. The summed E-state index contributed by atoms with van der Waals surface area (Å²) < 4.78 is 14.2. The molecule has 0 saturated heterocycles. The molecule has 0 aliphatic carbocycles. The molecule has 4 rings (SSSR count). The van der Waals surface area contributed by atoms with Crippen LogP contribution in [0.5, 0.6) is 0 Å². The van der Waals surface area contributed by atoms with Gasteiger partial charge in [-0.1, -0.05) is 11.6 Å². The first-order chi connectivity index (χ1) is 13.6. The molecule has 28 heavy (non-hydrogen) atoms. The zero-order valence-electron chi connectivity index (χ0n) is 14.5. The van der Waals surface area contributed by atoms with E-state index < -0.39 is 0 Å². The molecule has 0 radical (unpaired) electrons. The predicted molar refractivity (Wildman–Crippen MR) is 111 cm³/mol. The van der Waals surface area contributed by atoms with Crippen LogP contribution in [0.3, 0.4) is 0 Å². The Hall–Kier alpha value is -2.96. The Bertz CT molecular complexity index is 1150. The van der Waals surface area contributed by atoms with E-state index in [1.54, 1.807) is 30.5 Å². The van der Waals surface area contributed by atoms with Crippen LogP contribution in [0.1, 0.15) is 5.56 Å². The zero-order chi connectivity index (χ0) is 19.5. The van der Waals surface area contributed by atoms with Gasteiger partial charge in [0, 0.05) is 46.3 Å². The van der Waals surface area contributed by atoms with Gasteiger partial charge in [0.2, 0.25) is 5.28 Å². The lowest BCUT2D eigenvalue weighted by Gasteiger charge is -2.12. The maximum Gasteiger partial charge on any atom is 0.224 e. The Morgan fingerprint density at radius 1 is 0.929 bits per heavy atom. The Morgan fingerprint density at radius 2 is 1.79 bits per heavy atom. The summed E-state index contributed by atoms with van der Waals surface area (Å²) in [6.45, 7) is 0.251. The molecule has 2 N–H and O–H groups in total. The maximum absolute atomic E-state index is 14.2. The molecule has 0 atom stereocenters. The number of aromatic nitrogens is 3. The van der Waals surface area contributed by atoms with Crippen LogP contribution in [0.4, 0.5) is 21.6 Å². The van der Waals surface area contributed by atoms with E-state index >= 15 is 0 Å². The second-order valence-corrected chi connectivity index (χ2v) is 6.79. The molecule has 0 saturated carbocycles. The van der Waals surface area contributed by atoms with Gasteiger partial charge in [0.1, 0.15) is 11.6 Å². The first kappa shape index (κ1) is 18.4. The number of rotatable bonds is 5. The molecular weight excluding hydrogens is 400 g/mol. The largest absolute Gasteiger partial charge is 0.366 e. The average molecular weight is 414 g/mol. The van der Waals surface area contributed by atoms with Crippen molar-refractivity contribution in [2.45, 2.75) is 6.54 Å². The van der Waals surface area contributed by atoms with E-state index in [-0.39, 0.29) is 17.6 Å². The Balaban J connectivity index is 1.57. The van der Waals surface area contributed by atoms with Gasteiger partial charge in [0.15, 0.2) is 0 Å². The number of halogens is 3. The number of hydrogen-bond donors (Lipinski definition) is 2. The molecule has 0 spiro atoms. The summed E-state index contributed by atoms with van der Waals surface area (Å²) in [5.41, 5.74) is 2.87. The zero-order valence-corrected chi connectivity index (χ0v) is 16.0. The standard InChI is InChI=1S/C20H14Cl2FN5/c21-13-1-3-15-17(5-7-24-18(15)10-13)27-14-2-4-16(23)12(9-14)11-26-19-6-8-25-20(22)28-19/h1-10H,11H2,(H,24,27)(H,25,26,28). The van der Waals surface area contributed by atoms with Crippen molar-refractivity contribution in [2.75, 3.05) is 10.6 Å². The summed E-state index contributed by atoms with van der Waals surface area (Å²) in [5.74, 6) is 0.208. The summed E-state index contributed by atoms with van der Waals surface area (Å²) in [6, 6.07) is 13.9. The lowest BCUT2D eigenvalue weighted by Crippen LogP contribution is -2.04. The third-order valence-corrected chi connectivity index (χ3v) is 4.53. The van der Waals surface area contributed by atoms with Crippen LogP contribution in [0, 0.1) is 5.82 Å². The van der Waals surface area contributed by atoms with Gasteiger partial charge >= 0.3 is 0 Å². The summed E-state index contributed by atoms with van der Waals surface area (Å²) in [4.78, 5) is 12.2. The molecule has 0 aliphatic heterocycles. The van der Waals surface area contributed by atoms with Gasteiger partial charge in [0.05, 0.1) is 5.52 Å². The maximum atomic E-state index is 14.2. The molecule has 2 heterocycles. The first-order valence-corrected chi connectivity index (χ1v) is 9.16. The Morgan fingerprint density at radius 3 is 2.64 bits per heavy atom. The molecule has 0 unspecified atom stereocenters. The highest BCUT2D eigenvalue weighted by molar-refractivity contribution is 6.31. The van der Waals surface area contributed by atoms with E-state index in [1.165, 1.54) is 12.3 Å². The number of hydrogen-bond acceptors (Lipinski definition) is 5. The van der Waals surface area contributed by atoms with Crippen LogP contribution in [0.25, 0.3) is 10.9 Å². The SMILES string of the molecule is Fc1ccc(Nc2ccnc3cc(Cl)ccc23)cc1CNc1ccnc(Cl)n1. The summed E-state index contributed by atoms with van der Waals surface area (Å²) >= 11 is 11.8. The van der Waals surface area contributed by atoms with Gasteiger partial charge < -0.3 is 10.6 Å². The molecule has 0 amide bonds. The molecule has 0 bridgehead atoms. The average Bonchev–Trinajstić information content (AvgIpc) is 2.68. The topological polar surface area (TPSA) is 62.7 Å². The normalized spacial score (nSPS) is 10.8. The molecular formula is C20H14Cl2FN5. The fourth-order valence-corrected chi connectivity index (χ4v) is 3.11. The van der Waals surface area contributed by atoms with Crippen LogP contribution >= 0.6 is 23.2 Å². The second kappa shape index (κ2) is 7.96. The Labute approximate surface area is 170 Å². The fraction of sp³-hybridized carbons (Fsp3) is 0.0500. The van der Waals surface area contributed by atoms with Crippen LogP contribution in [-0.2, 0) is 6.54 Å². The lowest BCUT2D eigenvalue weighted by molar-refractivity contribution is 0.613. The summed E-state index contributed by atoms with van der Waals surface area (Å²) in [7, 11) is 0. The van der Waals surface area contributed by atoms with E-state index in [0.717, 1.165) is 22.3 Å². The molecule has 2 aromatic heterocycles. The van der Waals surface area contributed by atoms with E-state index in [9.17, 15) is 4.39 Å². The first-order valence-electron chi connectivity index (χ1n) is 8.40. The van der Waals surface area contributed by atoms with Crippen LogP contribution in [0.2, 0.25) is 10.3 Å². The molecule has 4 aromatic rings. The number of nitrogens with zero attached hydrogens (tertiary/aromatic N) is 3. The molecule has 140 valence electrons. The lowest BCUT2D eigenvalue weighted by atomic mass is 10.1. The van der Waals surface area contributed by atoms with Gasteiger partial charge in [-0.15, -0.1) is 0 Å². The molecule has 0 fully saturated rings. The van der Waals surface area contributed by atoms with Gasteiger partial charge in [0.25, 0.3) is 0 Å². The molecule has 0 aliphatic rings. The molecule has 2 aromatic carbocycles. The highest BCUT2D eigenvalue weighted by atomic mass is 35.5. The van der Waals surface area contributed by atoms with Crippen molar-refractivity contribution in [3.63, 3.8) is 0 Å². The minimum Gasteiger partial charge on any atom is -0.366 e. The van der Waals surface area contributed by atoms with E-state index in [4.69, 9.17) is 23.2 Å². The van der Waals surface area contributed by atoms with Gasteiger partial charge in [-0.05, 0) is 60.1 Å². The smallest absolute Gasteiger partial charge is 0.224 e. The van der Waals surface area contributed by atoms with Crippen molar-refractivity contribution >= 4 is 51.3 Å². The summed E-state index contributed by atoms with van der Waals surface area (Å²) in [5, 5.41) is 8.03. The van der Waals surface area contributed by atoms with Crippen LogP contribution < -0.4 is 10.6 Å². The van der Waals surface area contributed by atoms with Crippen molar-refractivity contribution < 1.29 is 4.39 Å². The quantitative estimate of drug-likeness (QED) is 0.403. The highest BCUT2D eigenvalue weighted by Crippen LogP contribution is 2.28. The van der Waals surface area contributed by atoms with Crippen LogP contribution in [-0.4, -0.2) is 15.0 Å². The number of anilines is 3. The number of benzene rings is 2. The molecule has 8 heteroatoms. The summed E-state index contributed by atoms with van der Waals surface area (Å²) in [6.07, 6.45) is 3.23. The van der Waals surface area contributed by atoms with Crippen molar-refractivity contribution in [1.29, 1.82) is 0 Å². The van der Waals surface area contributed by atoms with E-state index in [1.807, 2.05) is 18.2 Å².